The van der Waals surface area contributed by atoms with Gasteiger partial charge in [0.1, 0.15) is 0 Å². The van der Waals surface area contributed by atoms with E-state index in [0.717, 1.165) is 16.8 Å². The Hall–Kier alpha value is -3.07. The van der Waals surface area contributed by atoms with E-state index in [2.05, 4.69) is 87.5 Å². The van der Waals surface area contributed by atoms with Crippen LogP contribution in [0.3, 0.4) is 0 Å². The normalized spacial score (nSPS) is 14.0. The van der Waals surface area contributed by atoms with Crippen molar-refractivity contribution < 1.29 is 4.74 Å². The lowest BCUT2D eigenvalue weighted by atomic mass is 9.87. The number of hydrogen-bond donors (Lipinski definition) is 0. The van der Waals surface area contributed by atoms with Gasteiger partial charge in [-0.3, -0.25) is 0 Å². The van der Waals surface area contributed by atoms with Crippen molar-refractivity contribution in [1.82, 2.24) is 0 Å². The second-order valence-corrected chi connectivity index (χ2v) is 7.79. The van der Waals surface area contributed by atoms with Gasteiger partial charge in [0.15, 0.2) is 6.73 Å². The van der Waals surface area contributed by atoms with Gasteiger partial charge in [-0.1, -0.05) is 81.4 Å². The molecule has 27 heavy (non-hydrogen) atoms. The van der Waals surface area contributed by atoms with E-state index in [0.29, 0.717) is 12.6 Å². The Labute approximate surface area is 160 Å². The lowest BCUT2D eigenvalue weighted by molar-refractivity contribution is 0.338. The molecule has 3 heteroatoms. The maximum atomic E-state index is 5.90. The van der Waals surface area contributed by atoms with E-state index < -0.39 is 0 Å². The second kappa shape index (κ2) is 6.92. The summed E-state index contributed by atoms with van der Waals surface area (Å²) < 4.78 is 5.90. The van der Waals surface area contributed by atoms with E-state index in [1.165, 1.54) is 11.1 Å². The molecule has 136 valence electrons. The lowest BCUT2D eigenvalue weighted by Crippen LogP contribution is -2.13. The molecule has 0 atom stereocenters. The Morgan fingerprint density at radius 2 is 1.44 bits per heavy atom. The number of hydrazone groups is 1. The molecule has 0 amide bonds. The van der Waals surface area contributed by atoms with E-state index >= 15 is 0 Å². The highest BCUT2D eigenvalue weighted by Gasteiger charge is 2.22. The van der Waals surface area contributed by atoms with Crippen LogP contribution in [0.4, 0.5) is 5.69 Å². The van der Waals surface area contributed by atoms with Crippen LogP contribution < -0.4 is 5.01 Å². The Bertz CT molecular complexity index is 954. The summed E-state index contributed by atoms with van der Waals surface area (Å²) in [6.07, 6.45) is 0. The molecule has 0 saturated heterocycles. The highest BCUT2D eigenvalue weighted by molar-refractivity contribution is 5.96. The Morgan fingerprint density at radius 1 is 0.778 bits per heavy atom. The van der Waals surface area contributed by atoms with Gasteiger partial charge in [0, 0.05) is 11.1 Å². The van der Waals surface area contributed by atoms with Crippen molar-refractivity contribution in [1.29, 1.82) is 0 Å². The van der Waals surface area contributed by atoms with E-state index in [1.807, 2.05) is 17.1 Å². The number of para-hydroxylation sites is 1. The fourth-order valence-corrected chi connectivity index (χ4v) is 3.23. The van der Waals surface area contributed by atoms with Gasteiger partial charge in [0.05, 0.1) is 5.69 Å². The maximum absolute atomic E-state index is 5.90. The van der Waals surface area contributed by atoms with Gasteiger partial charge < -0.3 is 4.74 Å². The summed E-state index contributed by atoms with van der Waals surface area (Å²) in [4.78, 5) is 0. The van der Waals surface area contributed by atoms with Crippen molar-refractivity contribution in [3.05, 3.63) is 90.0 Å². The average molecular weight is 356 g/mol. The van der Waals surface area contributed by atoms with Crippen LogP contribution in [0.1, 0.15) is 31.9 Å². The molecule has 0 N–H and O–H groups in total. The summed E-state index contributed by atoms with van der Waals surface area (Å²) >= 11 is 0. The first-order valence-electron chi connectivity index (χ1n) is 9.27. The Balaban J connectivity index is 1.64. The van der Waals surface area contributed by atoms with Crippen molar-refractivity contribution in [2.45, 2.75) is 26.2 Å². The molecule has 3 aromatic rings. The average Bonchev–Trinajstić information content (AvgIpc) is 3.18. The summed E-state index contributed by atoms with van der Waals surface area (Å²) in [5.74, 6) is 0.665. The monoisotopic (exact) mass is 356 g/mol. The molecule has 3 nitrogen and oxygen atoms in total. The Morgan fingerprint density at radius 3 is 2.15 bits per heavy atom. The zero-order chi connectivity index (χ0) is 18.9. The molecule has 0 spiro atoms. The summed E-state index contributed by atoms with van der Waals surface area (Å²) in [7, 11) is 0. The van der Waals surface area contributed by atoms with Crippen LogP contribution in [0.15, 0.2) is 84.0 Å². The molecule has 4 rings (SSSR count). The van der Waals surface area contributed by atoms with Crippen LogP contribution in [0.2, 0.25) is 0 Å². The van der Waals surface area contributed by atoms with E-state index in [1.54, 1.807) is 0 Å². The van der Waals surface area contributed by atoms with Crippen molar-refractivity contribution in [2.24, 2.45) is 5.10 Å². The molecule has 0 saturated carbocycles. The molecule has 0 unspecified atom stereocenters. The topological polar surface area (TPSA) is 24.8 Å². The highest BCUT2D eigenvalue weighted by Crippen LogP contribution is 2.32. The van der Waals surface area contributed by atoms with Crippen LogP contribution in [0, 0.1) is 0 Å². The standard InChI is InChI=1S/C24H24N2O/c1-24(2,3)20-15-13-19(14-16-20)23-25-26(17-27-23)22-12-8-7-11-21(22)18-9-5-4-6-10-18/h4-16H,17H2,1-3H3. The minimum Gasteiger partial charge on any atom is -0.453 e. The SMILES string of the molecule is CC(C)(C)c1ccc(C2=NN(c3ccccc3-c3ccccc3)CO2)cc1. The van der Waals surface area contributed by atoms with Gasteiger partial charge in [-0.2, -0.15) is 0 Å². The molecule has 3 aromatic carbocycles. The number of hydrogen-bond acceptors (Lipinski definition) is 3. The van der Waals surface area contributed by atoms with E-state index in [4.69, 9.17) is 9.84 Å². The molecule has 0 aliphatic carbocycles. The summed E-state index contributed by atoms with van der Waals surface area (Å²) in [6, 6.07) is 27.2. The zero-order valence-electron chi connectivity index (χ0n) is 16.0. The largest absolute Gasteiger partial charge is 0.453 e. The first kappa shape index (κ1) is 17.3. The zero-order valence-corrected chi connectivity index (χ0v) is 16.0. The van der Waals surface area contributed by atoms with Gasteiger partial charge in [0.25, 0.3) is 0 Å². The summed E-state index contributed by atoms with van der Waals surface area (Å²) in [5.41, 5.74) is 5.81. The van der Waals surface area contributed by atoms with Crippen molar-refractivity contribution >= 4 is 11.6 Å². The molecule has 0 aromatic heterocycles. The minimum atomic E-state index is 0.136. The Kier molecular flexibility index (Phi) is 4.44. The maximum Gasteiger partial charge on any atom is 0.240 e. The van der Waals surface area contributed by atoms with Crippen molar-refractivity contribution in [3.8, 4) is 11.1 Å². The van der Waals surface area contributed by atoms with Gasteiger partial charge in [-0.25, -0.2) is 5.01 Å². The first-order chi connectivity index (χ1) is 13.0. The van der Waals surface area contributed by atoms with Crippen LogP contribution in [0.5, 0.6) is 0 Å². The molecule has 1 aliphatic rings. The van der Waals surface area contributed by atoms with Crippen molar-refractivity contribution in [3.63, 3.8) is 0 Å². The first-order valence-corrected chi connectivity index (χ1v) is 9.27. The quantitative estimate of drug-likeness (QED) is 0.592. The summed E-state index contributed by atoms with van der Waals surface area (Å²) in [5, 5.41) is 6.66. The van der Waals surface area contributed by atoms with Crippen LogP contribution in [-0.2, 0) is 10.2 Å². The molecule has 1 heterocycles. The third-order valence-corrected chi connectivity index (χ3v) is 4.80. The number of rotatable bonds is 3. The van der Waals surface area contributed by atoms with E-state index in [-0.39, 0.29) is 5.41 Å². The molecule has 0 bridgehead atoms. The smallest absolute Gasteiger partial charge is 0.240 e. The van der Waals surface area contributed by atoms with Gasteiger partial charge in [-0.05, 0) is 34.7 Å². The number of anilines is 1. The van der Waals surface area contributed by atoms with Crippen LogP contribution >= 0.6 is 0 Å². The van der Waals surface area contributed by atoms with Gasteiger partial charge in [0.2, 0.25) is 5.90 Å². The fraction of sp³-hybridized carbons (Fsp3) is 0.208. The molecule has 1 aliphatic heterocycles. The summed E-state index contributed by atoms with van der Waals surface area (Å²) in [6.45, 7) is 7.07. The fourth-order valence-electron chi connectivity index (χ4n) is 3.23. The highest BCUT2D eigenvalue weighted by atomic mass is 16.5. The third kappa shape index (κ3) is 3.59. The lowest BCUT2D eigenvalue weighted by Gasteiger charge is -2.18. The predicted molar refractivity (Wildman–Crippen MR) is 112 cm³/mol. The molecular weight excluding hydrogens is 332 g/mol. The third-order valence-electron chi connectivity index (χ3n) is 4.80. The minimum absolute atomic E-state index is 0.136. The molecule has 0 radical (unpaired) electrons. The van der Waals surface area contributed by atoms with Crippen molar-refractivity contribution in [2.75, 3.05) is 11.7 Å². The molecular formula is C24H24N2O. The van der Waals surface area contributed by atoms with Crippen LogP contribution in [-0.4, -0.2) is 12.6 Å². The van der Waals surface area contributed by atoms with Crippen LogP contribution in [0.25, 0.3) is 11.1 Å². The van der Waals surface area contributed by atoms with Gasteiger partial charge in [-0.15, -0.1) is 5.10 Å². The molecule has 0 fully saturated rings. The van der Waals surface area contributed by atoms with E-state index in [9.17, 15) is 0 Å². The van der Waals surface area contributed by atoms with Gasteiger partial charge >= 0.3 is 0 Å². The predicted octanol–water partition coefficient (Wildman–Crippen LogP) is 5.81. The number of benzene rings is 3. The number of ether oxygens (including phenoxy) is 1. The number of nitrogens with zero attached hydrogens (tertiary/aromatic N) is 2. The second-order valence-electron chi connectivity index (χ2n) is 7.79.